The van der Waals surface area contributed by atoms with E-state index in [0.29, 0.717) is 12.0 Å². The number of aliphatic hydroxyl groups excluding tert-OH is 1. The molecule has 1 aromatic carbocycles. The molecule has 1 aromatic rings. The van der Waals surface area contributed by atoms with Crippen LogP contribution in [0.4, 0.5) is 0 Å². The van der Waals surface area contributed by atoms with Crippen molar-refractivity contribution in [3.63, 3.8) is 0 Å². The lowest BCUT2D eigenvalue weighted by Crippen LogP contribution is -2.45. The van der Waals surface area contributed by atoms with Crippen LogP contribution >= 0.6 is 0 Å². The molecule has 2 rings (SSSR count). The maximum atomic E-state index is 9.88. The summed E-state index contributed by atoms with van der Waals surface area (Å²) in [6.45, 7) is 7.74. The van der Waals surface area contributed by atoms with Gasteiger partial charge in [0.05, 0.1) is 6.10 Å². The Hall–Kier alpha value is -0.860. The van der Waals surface area contributed by atoms with Crippen molar-refractivity contribution in [2.24, 2.45) is 5.92 Å². The molecule has 1 aliphatic carbocycles. The van der Waals surface area contributed by atoms with Crippen molar-refractivity contribution in [1.29, 1.82) is 0 Å². The van der Waals surface area contributed by atoms with E-state index >= 15 is 0 Å². The average molecular weight is 261 g/mol. The summed E-state index contributed by atoms with van der Waals surface area (Å²) in [6.07, 6.45) is 3.21. The van der Waals surface area contributed by atoms with Gasteiger partial charge in [0, 0.05) is 18.0 Å². The van der Waals surface area contributed by atoms with Crippen molar-refractivity contribution < 1.29 is 5.11 Å². The Labute approximate surface area is 117 Å². The molecule has 1 aliphatic rings. The zero-order valence-electron chi connectivity index (χ0n) is 12.4. The van der Waals surface area contributed by atoms with E-state index in [1.54, 1.807) is 0 Å². The third-order valence-corrected chi connectivity index (χ3v) is 4.91. The molecule has 106 valence electrons. The molecule has 19 heavy (non-hydrogen) atoms. The first-order chi connectivity index (χ1) is 9.01. The molecular formula is C17H27NO. The van der Waals surface area contributed by atoms with Crippen molar-refractivity contribution in [1.82, 2.24) is 5.32 Å². The second-order valence-electron chi connectivity index (χ2n) is 6.48. The van der Waals surface area contributed by atoms with Crippen molar-refractivity contribution in [2.75, 3.05) is 6.54 Å². The molecule has 2 heteroatoms. The van der Waals surface area contributed by atoms with Crippen LogP contribution in [0.1, 0.15) is 45.6 Å². The van der Waals surface area contributed by atoms with E-state index in [-0.39, 0.29) is 11.5 Å². The second kappa shape index (κ2) is 6.06. The zero-order chi connectivity index (χ0) is 13.9. The van der Waals surface area contributed by atoms with Crippen LogP contribution < -0.4 is 5.32 Å². The van der Waals surface area contributed by atoms with Gasteiger partial charge in [-0.3, -0.25) is 0 Å². The molecule has 0 heterocycles. The van der Waals surface area contributed by atoms with Crippen molar-refractivity contribution in [2.45, 2.75) is 57.6 Å². The number of aliphatic hydroxyl groups is 1. The Kier molecular flexibility index (Phi) is 4.64. The largest absolute Gasteiger partial charge is 0.393 e. The fourth-order valence-electron chi connectivity index (χ4n) is 2.96. The molecule has 0 bridgehead atoms. The molecule has 0 amide bonds. The molecule has 1 saturated carbocycles. The Morgan fingerprint density at radius 1 is 1.26 bits per heavy atom. The minimum atomic E-state index is -0.0977. The summed E-state index contributed by atoms with van der Waals surface area (Å²) in [5.41, 5.74) is 1.46. The lowest BCUT2D eigenvalue weighted by molar-refractivity contribution is 0.128. The van der Waals surface area contributed by atoms with Gasteiger partial charge in [0.1, 0.15) is 0 Å². The quantitative estimate of drug-likeness (QED) is 0.853. The maximum absolute atomic E-state index is 9.88. The number of nitrogens with one attached hydrogen (secondary N) is 1. The number of hydrogen-bond donors (Lipinski definition) is 2. The Morgan fingerprint density at radius 3 is 2.53 bits per heavy atom. The average Bonchev–Trinajstić information content (AvgIpc) is 2.82. The molecule has 0 radical (unpaired) electrons. The van der Waals surface area contributed by atoms with Crippen LogP contribution in [-0.2, 0) is 5.41 Å². The fraction of sp³-hybridized carbons (Fsp3) is 0.647. The summed E-state index contributed by atoms with van der Waals surface area (Å²) in [7, 11) is 0. The summed E-state index contributed by atoms with van der Waals surface area (Å²) < 4.78 is 0. The highest BCUT2D eigenvalue weighted by Crippen LogP contribution is 2.28. The molecule has 0 saturated heterocycles. The third-order valence-electron chi connectivity index (χ3n) is 4.91. The molecule has 0 spiro atoms. The summed E-state index contributed by atoms with van der Waals surface area (Å²) >= 11 is 0. The van der Waals surface area contributed by atoms with Gasteiger partial charge in [-0.25, -0.2) is 0 Å². The zero-order valence-corrected chi connectivity index (χ0v) is 12.4. The predicted octanol–water partition coefficient (Wildman–Crippen LogP) is 3.10. The van der Waals surface area contributed by atoms with E-state index < -0.39 is 0 Å². The van der Waals surface area contributed by atoms with Gasteiger partial charge in [-0.15, -0.1) is 0 Å². The monoisotopic (exact) mass is 261 g/mol. The molecular weight excluding hydrogens is 234 g/mol. The fourth-order valence-corrected chi connectivity index (χ4v) is 2.96. The first-order valence-electron chi connectivity index (χ1n) is 7.49. The van der Waals surface area contributed by atoms with Crippen LogP contribution in [0.2, 0.25) is 0 Å². The Balaban J connectivity index is 1.93. The smallest absolute Gasteiger partial charge is 0.0580 e. The van der Waals surface area contributed by atoms with Gasteiger partial charge in [-0.2, -0.15) is 0 Å². The van der Waals surface area contributed by atoms with Gasteiger partial charge in [-0.05, 0) is 31.2 Å². The van der Waals surface area contributed by atoms with E-state index in [4.69, 9.17) is 0 Å². The van der Waals surface area contributed by atoms with Gasteiger partial charge in [0.25, 0.3) is 0 Å². The van der Waals surface area contributed by atoms with Crippen LogP contribution in [0, 0.1) is 5.92 Å². The van der Waals surface area contributed by atoms with E-state index in [1.807, 2.05) is 0 Å². The molecule has 3 atom stereocenters. The predicted molar refractivity (Wildman–Crippen MR) is 80.3 cm³/mol. The molecule has 2 nitrogen and oxygen atoms in total. The van der Waals surface area contributed by atoms with E-state index in [0.717, 1.165) is 19.4 Å². The van der Waals surface area contributed by atoms with Crippen LogP contribution in [-0.4, -0.2) is 23.8 Å². The third kappa shape index (κ3) is 3.37. The van der Waals surface area contributed by atoms with E-state index in [9.17, 15) is 5.11 Å². The molecule has 0 aliphatic heterocycles. The van der Waals surface area contributed by atoms with Crippen molar-refractivity contribution >= 4 is 0 Å². The summed E-state index contributed by atoms with van der Waals surface area (Å²) in [5.74, 6) is 0.439. The minimum Gasteiger partial charge on any atom is -0.393 e. The molecule has 3 unspecified atom stereocenters. The normalized spacial score (nSPS) is 25.5. The summed E-state index contributed by atoms with van der Waals surface area (Å²) in [6, 6.07) is 11.1. The van der Waals surface area contributed by atoms with E-state index in [1.165, 1.54) is 12.0 Å². The summed E-state index contributed by atoms with van der Waals surface area (Å²) in [5, 5.41) is 13.5. The number of hydrogen-bond acceptors (Lipinski definition) is 2. The van der Waals surface area contributed by atoms with Crippen LogP contribution in [0.5, 0.6) is 0 Å². The maximum Gasteiger partial charge on any atom is 0.0580 e. The SMILES string of the molecule is CC(NCC1CCCC1O)C(C)(C)c1ccccc1. The first kappa shape index (κ1) is 14.5. The topological polar surface area (TPSA) is 32.3 Å². The van der Waals surface area contributed by atoms with Crippen molar-refractivity contribution in [3.8, 4) is 0 Å². The second-order valence-corrected chi connectivity index (χ2v) is 6.48. The lowest BCUT2D eigenvalue weighted by atomic mass is 9.78. The highest BCUT2D eigenvalue weighted by atomic mass is 16.3. The van der Waals surface area contributed by atoms with Crippen molar-refractivity contribution in [3.05, 3.63) is 35.9 Å². The van der Waals surface area contributed by atoms with Gasteiger partial charge in [0.15, 0.2) is 0 Å². The molecule has 2 N–H and O–H groups in total. The summed E-state index contributed by atoms with van der Waals surface area (Å²) in [4.78, 5) is 0. The number of benzene rings is 1. The number of rotatable bonds is 5. The van der Waals surface area contributed by atoms with Gasteiger partial charge < -0.3 is 10.4 Å². The molecule has 0 aromatic heterocycles. The first-order valence-corrected chi connectivity index (χ1v) is 7.49. The van der Waals surface area contributed by atoms with Crippen LogP contribution in [0.25, 0.3) is 0 Å². The minimum absolute atomic E-state index is 0.0977. The van der Waals surface area contributed by atoms with Gasteiger partial charge in [-0.1, -0.05) is 50.6 Å². The van der Waals surface area contributed by atoms with E-state index in [2.05, 4.69) is 56.4 Å². The van der Waals surface area contributed by atoms with Gasteiger partial charge >= 0.3 is 0 Å². The van der Waals surface area contributed by atoms with Gasteiger partial charge in [0.2, 0.25) is 0 Å². The lowest BCUT2D eigenvalue weighted by Gasteiger charge is -2.34. The molecule has 1 fully saturated rings. The Bertz CT molecular complexity index is 388. The highest BCUT2D eigenvalue weighted by molar-refractivity contribution is 5.25. The highest BCUT2D eigenvalue weighted by Gasteiger charge is 2.30. The Morgan fingerprint density at radius 2 is 1.95 bits per heavy atom. The standard InChI is InChI=1S/C17H27NO/c1-13(18-12-14-8-7-11-16(14)19)17(2,3)15-9-5-4-6-10-15/h4-6,9-10,13-14,16,18-19H,7-8,11-12H2,1-3H3. The van der Waals surface area contributed by atoms with Crippen LogP contribution in [0.15, 0.2) is 30.3 Å². The van der Waals surface area contributed by atoms with Crippen LogP contribution in [0.3, 0.4) is 0 Å².